The van der Waals surface area contributed by atoms with Crippen molar-refractivity contribution in [3.05, 3.63) is 29.8 Å². The Morgan fingerprint density at radius 3 is 2.71 bits per heavy atom. The first-order chi connectivity index (χ1) is 6.63. The molecule has 1 aromatic carbocycles. The van der Waals surface area contributed by atoms with E-state index >= 15 is 0 Å². The van der Waals surface area contributed by atoms with E-state index in [0.717, 1.165) is 10.5 Å². The summed E-state index contributed by atoms with van der Waals surface area (Å²) in [4.78, 5) is 12.4. The van der Waals surface area contributed by atoms with Crippen LogP contribution in [0.1, 0.15) is 18.4 Å². The molecular weight excluding hydrogens is 198 g/mol. The maximum atomic E-state index is 11.8. The van der Waals surface area contributed by atoms with Gasteiger partial charge in [0.1, 0.15) is 0 Å². The van der Waals surface area contributed by atoms with Crippen LogP contribution in [0.3, 0.4) is 0 Å². The van der Waals surface area contributed by atoms with Crippen LogP contribution < -0.4 is 0 Å². The zero-order valence-corrected chi connectivity index (χ0v) is 8.88. The largest absolute Gasteiger partial charge is 0.273 e. The Kier molecular flexibility index (Phi) is 2.15. The highest BCUT2D eigenvalue weighted by atomic mass is 32.2. The second-order valence-corrected chi connectivity index (χ2v) is 4.83. The summed E-state index contributed by atoms with van der Waals surface area (Å²) in [6.07, 6.45) is 0. The molecule has 0 saturated carbocycles. The van der Waals surface area contributed by atoms with Gasteiger partial charge in [-0.2, -0.15) is 0 Å². The van der Waals surface area contributed by atoms with Crippen LogP contribution in [0.2, 0.25) is 0 Å². The van der Waals surface area contributed by atoms with Gasteiger partial charge in [-0.3, -0.25) is 9.10 Å². The standard InChI is InChI=1S/C10H11NO2S/c1-7-8-5-3-4-6-9(8)14(13)11(2)10(7)12/h3-7H,1-2H3. The molecule has 1 aromatic rings. The number of carbonyl (C=O) groups is 1. The molecule has 2 atom stereocenters. The molecule has 0 saturated heterocycles. The van der Waals surface area contributed by atoms with Crippen LogP contribution in [-0.2, 0) is 15.8 Å². The van der Waals surface area contributed by atoms with Gasteiger partial charge in [0.25, 0.3) is 0 Å². The number of benzene rings is 1. The van der Waals surface area contributed by atoms with Crippen LogP contribution in [0.4, 0.5) is 0 Å². The molecule has 0 N–H and O–H groups in total. The summed E-state index contributed by atoms with van der Waals surface area (Å²) in [5.41, 5.74) is 0.883. The van der Waals surface area contributed by atoms with Gasteiger partial charge in [-0.05, 0) is 18.6 Å². The van der Waals surface area contributed by atoms with Crippen molar-refractivity contribution in [2.45, 2.75) is 17.7 Å². The molecule has 0 aromatic heterocycles. The maximum Gasteiger partial charge on any atom is 0.241 e. The molecule has 3 nitrogen and oxygen atoms in total. The van der Waals surface area contributed by atoms with Crippen LogP contribution >= 0.6 is 0 Å². The first-order valence-corrected chi connectivity index (χ1v) is 5.52. The van der Waals surface area contributed by atoms with Crippen LogP contribution in [-0.4, -0.2) is 21.5 Å². The molecule has 2 unspecified atom stereocenters. The van der Waals surface area contributed by atoms with E-state index in [4.69, 9.17) is 0 Å². The SMILES string of the molecule is CC1C(=O)N(C)S(=O)c2ccccc21. The lowest BCUT2D eigenvalue weighted by atomic mass is 10.0. The first-order valence-electron chi connectivity index (χ1n) is 4.41. The summed E-state index contributed by atoms with van der Waals surface area (Å²) in [7, 11) is 0.247. The van der Waals surface area contributed by atoms with Crippen molar-refractivity contribution in [2.24, 2.45) is 0 Å². The Morgan fingerprint density at radius 2 is 2.00 bits per heavy atom. The van der Waals surface area contributed by atoms with E-state index in [1.807, 2.05) is 31.2 Å². The van der Waals surface area contributed by atoms with E-state index in [2.05, 4.69) is 0 Å². The molecule has 74 valence electrons. The first kappa shape index (κ1) is 9.40. The minimum atomic E-state index is -1.33. The fourth-order valence-corrected chi connectivity index (χ4v) is 2.89. The highest BCUT2D eigenvalue weighted by Crippen LogP contribution is 2.30. The molecule has 0 fully saturated rings. The zero-order valence-electron chi connectivity index (χ0n) is 8.06. The van der Waals surface area contributed by atoms with E-state index in [-0.39, 0.29) is 11.8 Å². The van der Waals surface area contributed by atoms with Gasteiger partial charge >= 0.3 is 0 Å². The molecule has 2 rings (SSSR count). The topological polar surface area (TPSA) is 37.4 Å². The molecule has 4 heteroatoms. The van der Waals surface area contributed by atoms with Crippen molar-refractivity contribution in [3.8, 4) is 0 Å². The molecule has 14 heavy (non-hydrogen) atoms. The van der Waals surface area contributed by atoms with E-state index < -0.39 is 11.0 Å². The van der Waals surface area contributed by atoms with Crippen LogP contribution in [0.25, 0.3) is 0 Å². The molecule has 0 bridgehead atoms. The summed E-state index contributed by atoms with van der Waals surface area (Å²) < 4.78 is 13.1. The number of fused-ring (bicyclic) bond motifs is 1. The number of nitrogens with zero attached hydrogens (tertiary/aromatic N) is 1. The lowest BCUT2D eigenvalue weighted by molar-refractivity contribution is -0.127. The van der Waals surface area contributed by atoms with Crippen LogP contribution in [0, 0.1) is 0 Å². The smallest absolute Gasteiger partial charge is 0.241 e. The summed E-state index contributed by atoms with van der Waals surface area (Å²) in [5, 5.41) is 0. The van der Waals surface area contributed by atoms with E-state index in [0.29, 0.717) is 0 Å². The second-order valence-electron chi connectivity index (χ2n) is 3.34. The maximum absolute atomic E-state index is 11.8. The van der Waals surface area contributed by atoms with E-state index in [1.54, 1.807) is 7.05 Å². The molecule has 1 amide bonds. The fourth-order valence-electron chi connectivity index (χ4n) is 1.63. The van der Waals surface area contributed by atoms with Crippen molar-refractivity contribution in [1.29, 1.82) is 0 Å². The Balaban J connectivity index is 2.62. The average molecular weight is 209 g/mol. The summed E-state index contributed by atoms with van der Waals surface area (Å²) in [6.45, 7) is 1.84. The summed E-state index contributed by atoms with van der Waals surface area (Å²) in [5.74, 6) is -0.268. The minimum Gasteiger partial charge on any atom is -0.273 e. The van der Waals surface area contributed by atoms with Crippen molar-refractivity contribution < 1.29 is 9.00 Å². The van der Waals surface area contributed by atoms with Gasteiger partial charge in [-0.1, -0.05) is 18.2 Å². The number of rotatable bonds is 0. The van der Waals surface area contributed by atoms with Crippen molar-refractivity contribution >= 4 is 16.9 Å². The molecule has 0 radical (unpaired) electrons. The van der Waals surface area contributed by atoms with Gasteiger partial charge in [0, 0.05) is 7.05 Å². The molecule has 0 aliphatic carbocycles. The number of carbonyl (C=O) groups excluding carboxylic acids is 1. The highest BCUT2D eigenvalue weighted by molar-refractivity contribution is 7.83. The zero-order chi connectivity index (χ0) is 10.3. The molecule has 1 heterocycles. The van der Waals surface area contributed by atoms with Crippen LogP contribution in [0.15, 0.2) is 29.2 Å². The highest BCUT2D eigenvalue weighted by Gasteiger charge is 2.32. The monoisotopic (exact) mass is 209 g/mol. The Bertz CT molecular complexity index is 416. The Labute approximate surface area is 85.3 Å². The normalized spacial score (nSPS) is 26.1. The number of likely N-dealkylation sites (N-methyl/N-ethyl adjacent to an activating group) is 1. The quantitative estimate of drug-likeness (QED) is 0.645. The van der Waals surface area contributed by atoms with Gasteiger partial charge in [-0.25, -0.2) is 4.21 Å². The number of hydrogen-bond acceptors (Lipinski definition) is 2. The van der Waals surface area contributed by atoms with Crippen molar-refractivity contribution in [2.75, 3.05) is 7.05 Å². The van der Waals surface area contributed by atoms with Gasteiger partial charge < -0.3 is 0 Å². The summed E-state index contributed by atoms with van der Waals surface area (Å²) >= 11 is 0. The number of amides is 1. The van der Waals surface area contributed by atoms with Gasteiger partial charge in [0.2, 0.25) is 5.91 Å². The molecule has 1 aliphatic heterocycles. The van der Waals surface area contributed by atoms with Crippen LogP contribution in [0.5, 0.6) is 0 Å². The fraction of sp³-hybridized carbons (Fsp3) is 0.300. The van der Waals surface area contributed by atoms with Gasteiger partial charge in [-0.15, -0.1) is 0 Å². The minimum absolute atomic E-state index is 0.0815. The van der Waals surface area contributed by atoms with Crippen molar-refractivity contribution in [3.63, 3.8) is 0 Å². The van der Waals surface area contributed by atoms with E-state index in [1.165, 1.54) is 4.31 Å². The third-order valence-electron chi connectivity index (χ3n) is 2.50. The Hall–Kier alpha value is -1.16. The molecule has 0 spiro atoms. The third kappa shape index (κ3) is 1.18. The summed E-state index contributed by atoms with van der Waals surface area (Å²) in [6, 6.07) is 7.38. The predicted octanol–water partition coefficient (Wildman–Crippen LogP) is 1.28. The van der Waals surface area contributed by atoms with Gasteiger partial charge in [0.15, 0.2) is 11.0 Å². The lowest BCUT2D eigenvalue weighted by Crippen LogP contribution is -2.37. The van der Waals surface area contributed by atoms with E-state index in [9.17, 15) is 9.00 Å². The second kappa shape index (κ2) is 3.20. The molecule has 1 aliphatic rings. The lowest BCUT2D eigenvalue weighted by Gasteiger charge is -2.28. The van der Waals surface area contributed by atoms with Gasteiger partial charge in [0.05, 0.1) is 10.8 Å². The van der Waals surface area contributed by atoms with Crippen molar-refractivity contribution in [1.82, 2.24) is 4.31 Å². The average Bonchev–Trinajstić information content (AvgIpc) is 2.23. The molecular formula is C10H11NO2S. The predicted molar refractivity (Wildman–Crippen MR) is 54.0 cm³/mol. The Morgan fingerprint density at radius 1 is 1.36 bits per heavy atom. The number of hydrogen-bond donors (Lipinski definition) is 0. The third-order valence-corrected chi connectivity index (χ3v) is 3.93.